The number of thioether (sulfide) groups is 1. The minimum Gasteiger partial charge on any atom is -0.298 e. The Kier molecular flexibility index (Phi) is 4.39. The maximum atomic E-state index is 7.94. The van der Waals surface area contributed by atoms with Crippen molar-refractivity contribution in [1.29, 1.82) is 5.41 Å². The van der Waals surface area contributed by atoms with Gasteiger partial charge in [-0.05, 0) is 11.1 Å². The highest BCUT2D eigenvalue weighted by atomic mass is 32.2. The Balaban J connectivity index is 1.83. The summed E-state index contributed by atoms with van der Waals surface area (Å²) in [7, 11) is 0. The van der Waals surface area contributed by atoms with Crippen molar-refractivity contribution in [3.63, 3.8) is 0 Å². The molecule has 0 saturated carbocycles. The van der Waals surface area contributed by atoms with E-state index in [-0.39, 0.29) is 0 Å². The van der Waals surface area contributed by atoms with E-state index < -0.39 is 0 Å². The second-order valence-electron chi connectivity index (χ2n) is 3.86. The number of rotatable bonds is 4. The van der Waals surface area contributed by atoms with Crippen molar-refractivity contribution in [2.75, 3.05) is 0 Å². The zero-order valence-electron chi connectivity index (χ0n) is 9.60. The van der Waals surface area contributed by atoms with Gasteiger partial charge in [0, 0.05) is 12.2 Å². The Bertz CT molecular complexity index is 465. The molecular weight excluding hydrogens is 226 g/mol. The Labute approximate surface area is 106 Å². The average Bonchev–Trinajstić information content (AvgIpc) is 2.39. The molecule has 0 aliphatic carbocycles. The van der Waals surface area contributed by atoms with Gasteiger partial charge in [0.2, 0.25) is 0 Å². The summed E-state index contributed by atoms with van der Waals surface area (Å²) in [6.07, 6.45) is 0.734. The smallest absolute Gasteiger partial charge is 0.0688 e. The molecule has 2 aromatic carbocycles. The van der Waals surface area contributed by atoms with Crippen LogP contribution < -0.4 is 0 Å². The van der Waals surface area contributed by atoms with Gasteiger partial charge in [-0.3, -0.25) is 5.41 Å². The topological polar surface area (TPSA) is 23.9 Å². The highest BCUT2D eigenvalue weighted by molar-refractivity contribution is 8.13. The van der Waals surface area contributed by atoms with Crippen molar-refractivity contribution in [3.05, 3.63) is 71.8 Å². The number of hydrogen-bond acceptors (Lipinski definition) is 2. The van der Waals surface area contributed by atoms with Gasteiger partial charge < -0.3 is 0 Å². The Hall–Kier alpha value is -1.54. The zero-order chi connectivity index (χ0) is 11.9. The van der Waals surface area contributed by atoms with Gasteiger partial charge in [0.25, 0.3) is 0 Å². The maximum Gasteiger partial charge on any atom is 0.0688 e. The van der Waals surface area contributed by atoms with E-state index in [4.69, 9.17) is 5.41 Å². The second kappa shape index (κ2) is 6.26. The number of nitrogens with one attached hydrogen (secondary N) is 1. The summed E-state index contributed by atoms with van der Waals surface area (Å²) in [5, 5.41) is 8.66. The van der Waals surface area contributed by atoms with Crippen LogP contribution in [0.25, 0.3) is 0 Å². The van der Waals surface area contributed by atoms with Gasteiger partial charge in [0.1, 0.15) is 0 Å². The molecular formula is C15H15NS. The molecule has 0 spiro atoms. The van der Waals surface area contributed by atoms with Crippen LogP contribution in [0.1, 0.15) is 11.1 Å². The quantitative estimate of drug-likeness (QED) is 0.631. The summed E-state index contributed by atoms with van der Waals surface area (Å²) < 4.78 is 0. The third-order valence-electron chi connectivity index (χ3n) is 2.46. The van der Waals surface area contributed by atoms with Crippen LogP contribution in [0.3, 0.4) is 0 Å². The first-order chi connectivity index (χ1) is 8.34. The number of hydrogen-bond donors (Lipinski definition) is 1. The molecule has 1 nitrogen and oxygen atoms in total. The Morgan fingerprint density at radius 1 is 0.824 bits per heavy atom. The van der Waals surface area contributed by atoms with E-state index in [2.05, 4.69) is 24.3 Å². The van der Waals surface area contributed by atoms with Crippen LogP contribution in [0, 0.1) is 5.41 Å². The Morgan fingerprint density at radius 3 is 1.94 bits per heavy atom. The van der Waals surface area contributed by atoms with Crippen molar-refractivity contribution in [1.82, 2.24) is 0 Å². The minimum absolute atomic E-state index is 0.722. The molecule has 2 rings (SSSR count). The van der Waals surface area contributed by atoms with Crippen LogP contribution in [0.5, 0.6) is 0 Å². The first kappa shape index (κ1) is 11.9. The fraction of sp³-hybridized carbons (Fsp3) is 0.133. The van der Waals surface area contributed by atoms with Gasteiger partial charge in [-0.2, -0.15) is 0 Å². The highest BCUT2D eigenvalue weighted by Crippen LogP contribution is 2.15. The van der Waals surface area contributed by atoms with Crippen molar-refractivity contribution < 1.29 is 0 Å². The third kappa shape index (κ3) is 4.08. The van der Waals surface area contributed by atoms with E-state index in [1.807, 2.05) is 36.4 Å². The van der Waals surface area contributed by atoms with Gasteiger partial charge in [-0.15, -0.1) is 11.8 Å². The summed E-state index contributed by atoms with van der Waals surface area (Å²) in [6.45, 7) is 0. The fourth-order valence-electron chi connectivity index (χ4n) is 1.58. The van der Waals surface area contributed by atoms with Crippen molar-refractivity contribution >= 4 is 16.8 Å². The summed E-state index contributed by atoms with van der Waals surface area (Å²) in [4.78, 5) is 0. The maximum absolute atomic E-state index is 7.94. The van der Waals surface area contributed by atoms with Gasteiger partial charge in [-0.25, -0.2) is 0 Å². The molecule has 0 aliphatic heterocycles. The predicted molar refractivity (Wildman–Crippen MR) is 75.6 cm³/mol. The summed E-state index contributed by atoms with van der Waals surface area (Å²) in [6, 6.07) is 20.5. The molecule has 86 valence electrons. The molecule has 0 radical (unpaired) electrons. The normalized spacial score (nSPS) is 10.1. The lowest BCUT2D eigenvalue weighted by Crippen LogP contribution is -1.96. The predicted octanol–water partition coefficient (Wildman–Crippen LogP) is 4.14. The van der Waals surface area contributed by atoms with E-state index in [0.717, 1.165) is 17.2 Å². The summed E-state index contributed by atoms with van der Waals surface area (Å²) in [5.41, 5.74) is 2.48. The minimum atomic E-state index is 0.722. The lowest BCUT2D eigenvalue weighted by molar-refractivity contribution is 1.31. The zero-order valence-corrected chi connectivity index (χ0v) is 10.4. The molecule has 0 saturated heterocycles. The standard InChI is InChI=1S/C15H15NS/c16-15(11-13-7-3-1-4-8-13)17-12-14-9-5-2-6-10-14/h1-10,16H,11-12H2. The largest absolute Gasteiger partial charge is 0.298 e. The van der Waals surface area contributed by atoms with Gasteiger partial charge >= 0.3 is 0 Å². The highest BCUT2D eigenvalue weighted by Gasteiger charge is 2.00. The Morgan fingerprint density at radius 2 is 1.35 bits per heavy atom. The van der Waals surface area contributed by atoms with Crippen molar-refractivity contribution in [2.24, 2.45) is 0 Å². The lowest BCUT2D eigenvalue weighted by Gasteiger charge is -2.04. The first-order valence-corrected chi connectivity index (χ1v) is 6.61. The van der Waals surface area contributed by atoms with E-state index in [1.165, 1.54) is 11.1 Å². The molecule has 0 atom stereocenters. The van der Waals surface area contributed by atoms with Gasteiger partial charge in [-0.1, -0.05) is 60.7 Å². The van der Waals surface area contributed by atoms with Crippen LogP contribution >= 0.6 is 11.8 Å². The SMILES string of the molecule is N=C(Cc1ccccc1)SCc1ccccc1. The molecule has 2 heteroatoms. The average molecular weight is 241 g/mol. The van der Waals surface area contributed by atoms with E-state index in [9.17, 15) is 0 Å². The monoisotopic (exact) mass is 241 g/mol. The second-order valence-corrected chi connectivity index (χ2v) is 4.93. The molecule has 0 aliphatic rings. The van der Waals surface area contributed by atoms with Crippen LogP contribution in [0.15, 0.2) is 60.7 Å². The first-order valence-electron chi connectivity index (χ1n) is 5.62. The van der Waals surface area contributed by atoms with Crippen LogP contribution in [0.2, 0.25) is 0 Å². The molecule has 0 heterocycles. The molecule has 0 aromatic heterocycles. The van der Waals surface area contributed by atoms with Crippen LogP contribution in [-0.4, -0.2) is 5.04 Å². The molecule has 0 unspecified atom stereocenters. The molecule has 0 fully saturated rings. The molecule has 1 N–H and O–H groups in total. The number of benzene rings is 2. The summed E-state index contributed by atoms with van der Waals surface area (Å²) in [5.74, 6) is 0.881. The van der Waals surface area contributed by atoms with E-state index in [0.29, 0.717) is 0 Å². The lowest BCUT2D eigenvalue weighted by atomic mass is 10.2. The van der Waals surface area contributed by atoms with E-state index >= 15 is 0 Å². The van der Waals surface area contributed by atoms with Crippen molar-refractivity contribution in [2.45, 2.75) is 12.2 Å². The van der Waals surface area contributed by atoms with E-state index in [1.54, 1.807) is 11.8 Å². The fourth-order valence-corrected chi connectivity index (χ4v) is 2.38. The molecule has 0 bridgehead atoms. The van der Waals surface area contributed by atoms with Crippen molar-refractivity contribution in [3.8, 4) is 0 Å². The summed E-state index contributed by atoms with van der Waals surface area (Å²) >= 11 is 1.61. The third-order valence-corrected chi connectivity index (χ3v) is 3.43. The van der Waals surface area contributed by atoms with Crippen LogP contribution in [0.4, 0.5) is 0 Å². The molecule has 2 aromatic rings. The van der Waals surface area contributed by atoms with Gasteiger partial charge in [0.15, 0.2) is 0 Å². The molecule has 17 heavy (non-hydrogen) atoms. The van der Waals surface area contributed by atoms with Gasteiger partial charge in [0.05, 0.1) is 5.04 Å². The molecule has 0 amide bonds. The van der Waals surface area contributed by atoms with Crippen LogP contribution in [-0.2, 0) is 12.2 Å².